The van der Waals surface area contributed by atoms with E-state index in [2.05, 4.69) is 11.9 Å². The normalized spacial score (nSPS) is 11.8. The number of sulfone groups is 1. The van der Waals surface area contributed by atoms with E-state index in [0.717, 1.165) is 11.0 Å². The quantitative estimate of drug-likeness (QED) is 0.906. The molecule has 0 aromatic heterocycles. The molecule has 0 spiro atoms. The molecule has 0 saturated heterocycles. The number of carbonyl (C=O) groups excluding carboxylic acids is 1. The molecular formula is C15H21NO4S. The van der Waals surface area contributed by atoms with Crippen LogP contribution in [-0.2, 0) is 21.0 Å². The number of anilines is 1. The maximum Gasteiger partial charge on any atom is 0.412 e. The highest BCUT2D eigenvalue weighted by atomic mass is 32.2. The van der Waals surface area contributed by atoms with Crippen molar-refractivity contribution in [2.45, 2.75) is 32.8 Å². The molecule has 0 aliphatic carbocycles. The van der Waals surface area contributed by atoms with Crippen LogP contribution in [0.3, 0.4) is 0 Å². The molecule has 0 unspecified atom stereocenters. The molecule has 0 heterocycles. The molecule has 0 radical (unpaired) electrons. The first-order valence-electron chi connectivity index (χ1n) is 6.55. The van der Waals surface area contributed by atoms with Crippen molar-refractivity contribution in [3.63, 3.8) is 0 Å². The van der Waals surface area contributed by atoms with Crippen molar-refractivity contribution >= 4 is 21.6 Å². The summed E-state index contributed by atoms with van der Waals surface area (Å²) in [6, 6.07) is 7.00. The predicted molar refractivity (Wildman–Crippen MR) is 84.0 cm³/mol. The molecule has 0 fully saturated rings. The fraction of sp³-hybridized carbons (Fsp3) is 0.400. The Labute approximate surface area is 125 Å². The minimum atomic E-state index is -3.23. The van der Waals surface area contributed by atoms with Crippen molar-refractivity contribution in [1.82, 2.24) is 0 Å². The van der Waals surface area contributed by atoms with Gasteiger partial charge in [0.25, 0.3) is 0 Å². The second kappa shape index (κ2) is 6.76. The van der Waals surface area contributed by atoms with Gasteiger partial charge in [-0.25, -0.2) is 13.2 Å². The number of ether oxygens (including phenoxy) is 1. The van der Waals surface area contributed by atoms with Crippen LogP contribution in [0.2, 0.25) is 0 Å². The van der Waals surface area contributed by atoms with Crippen molar-refractivity contribution in [2.75, 3.05) is 11.1 Å². The number of nitrogens with one attached hydrogen (secondary N) is 1. The summed E-state index contributed by atoms with van der Waals surface area (Å²) in [6.45, 7) is 8.62. The Bertz CT molecular complexity index is 615. The lowest BCUT2D eigenvalue weighted by Crippen LogP contribution is -2.27. The van der Waals surface area contributed by atoms with Crippen LogP contribution in [-0.4, -0.2) is 25.9 Å². The molecule has 1 aromatic rings. The standard InChI is InChI=1S/C15H21NO4S/c1-5-21(18,19)10-9-12-7-6-8-13(11-12)16-14(17)20-15(2,3)4/h5-8,11H,1,9-10H2,2-4H3,(H,16,17). The second-order valence-corrected chi connectivity index (χ2v) is 7.68. The topological polar surface area (TPSA) is 72.5 Å². The zero-order valence-corrected chi connectivity index (χ0v) is 13.4. The molecular weight excluding hydrogens is 290 g/mol. The summed E-state index contributed by atoms with van der Waals surface area (Å²) in [5.41, 5.74) is 0.812. The van der Waals surface area contributed by atoms with Gasteiger partial charge in [-0.15, -0.1) is 0 Å². The molecule has 1 amide bonds. The zero-order chi connectivity index (χ0) is 16.1. The van der Waals surface area contributed by atoms with Gasteiger partial charge in [-0.2, -0.15) is 0 Å². The summed E-state index contributed by atoms with van der Waals surface area (Å²) in [5.74, 6) is -0.00755. The van der Waals surface area contributed by atoms with E-state index in [1.807, 2.05) is 0 Å². The van der Waals surface area contributed by atoms with Gasteiger partial charge in [0.1, 0.15) is 5.60 Å². The van der Waals surface area contributed by atoms with Crippen LogP contribution in [0, 0.1) is 0 Å². The van der Waals surface area contributed by atoms with Crippen LogP contribution in [0.1, 0.15) is 26.3 Å². The average molecular weight is 311 g/mol. The third kappa shape index (κ3) is 6.94. The van der Waals surface area contributed by atoms with Gasteiger partial charge >= 0.3 is 6.09 Å². The highest BCUT2D eigenvalue weighted by Gasteiger charge is 2.16. The molecule has 0 bridgehead atoms. The lowest BCUT2D eigenvalue weighted by molar-refractivity contribution is 0.0636. The van der Waals surface area contributed by atoms with Crippen LogP contribution in [0.5, 0.6) is 0 Å². The number of benzene rings is 1. The largest absolute Gasteiger partial charge is 0.444 e. The van der Waals surface area contributed by atoms with E-state index in [9.17, 15) is 13.2 Å². The summed E-state index contributed by atoms with van der Waals surface area (Å²) >= 11 is 0. The SMILES string of the molecule is C=CS(=O)(=O)CCc1cccc(NC(=O)OC(C)(C)C)c1. The Hall–Kier alpha value is -1.82. The van der Waals surface area contributed by atoms with Gasteiger partial charge in [0.05, 0.1) is 5.75 Å². The lowest BCUT2D eigenvalue weighted by atomic mass is 10.1. The molecule has 0 atom stereocenters. The fourth-order valence-corrected chi connectivity index (χ4v) is 2.26. The van der Waals surface area contributed by atoms with Crippen molar-refractivity contribution in [3.05, 3.63) is 41.8 Å². The summed E-state index contributed by atoms with van der Waals surface area (Å²) in [4.78, 5) is 11.7. The molecule has 1 aromatic carbocycles. The van der Waals surface area contributed by atoms with Crippen molar-refractivity contribution in [1.29, 1.82) is 0 Å². The average Bonchev–Trinajstić information content (AvgIpc) is 2.34. The van der Waals surface area contributed by atoms with Crippen molar-refractivity contribution in [3.8, 4) is 0 Å². The number of hydrogen-bond donors (Lipinski definition) is 1. The first kappa shape index (κ1) is 17.2. The van der Waals surface area contributed by atoms with Crippen LogP contribution in [0.25, 0.3) is 0 Å². The summed E-state index contributed by atoms with van der Waals surface area (Å²) in [7, 11) is -3.23. The summed E-state index contributed by atoms with van der Waals surface area (Å²) in [6.07, 6.45) is -0.184. The third-order valence-corrected chi connectivity index (χ3v) is 3.78. The minimum Gasteiger partial charge on any atom is -0.444 e. The van der Waals surface area contributed by atoms with Gasteiger partial charge in [-0.1, -0.05) is 18.7 Å². The summed E-state index contributed by atoms with van der Waals surface area (Å²) in [5, 5.41) is 3.57. The Kier molecular flexibility index (Phi) is 5.54. The van der Waals surface area contributed by atoms with Gasteiger partial charge in [-0.05, 0) is 44.9 Å². The highest BCUT2D eigenvalue weighted by molar-refractivity contribution is 7.94. The van der Waals surface area contributed by atoms with Gasteiger partial charge < -0.3 is 4.74 Å². The predicted octanol–water partition coefficient (Wildman–Crippen LogP) is 3.13. The maximum atomic E-state index is 11.7. The van der Waals surface area contributed by atoms with Crippen LogP contribution >= 0.6 is 0 Å². The van der Waals surface area contributed by atoms with Gasteiger partial charge in [0.15, 0.2) is 9.84 Å². The lowest BCUT2D eigenvalue weighted by Gasteiger charge is -2.19. The summed E-state index contributed by atoms with van der Waals surface area (Å²) < 4.78 is 27.9. The number of carbonyl (C=O) groups is 1. The molecule has 21 heavy (non-hydrogen) atoms. The van der Waals surface area contributed by atoms with Gasteiger partial charge in [0.2, 0.25) is 0 Å². The molecule has 0 aliphatic heterocycles. The van der Waals surface area contributed by atoms with E-state index in [1.165, 1.54) is 0 Å². The van der Waals surface area contributed by atoms with E-state index >= 15 is 0 Å². The Morgan fingerprint density at radius 3 is 2.62 bits per heavy atom. The maximum absolute atomic E-state index is 11.7. The first-order valence-corrected chi connectivity index (χ1v) is 8.27. The van der Waals surface area contributed by atoms with E-state index in [4.69, 9.17) is 4.74 Å². The molecule has 6 heteroatoms. The number of hydrogen-bond acceptors (Lipinski definition) is 4. The van der Waals surface area contributed by atoms with Crippen LogP contribution < -0.4 is 5.32 Å². The molecule has 5 nitrogen and oxygen atoms in total. The molecule has 1 rings (SSSR count). The van der Waals surface area contributed by atoms with E-state index < -0.39 is 21.5 Å². The number of aryl methyl sites for hydroxylation is 1. The number of amides is 1. The molecule has 1 N–H and O–H groups in total. The Morgan fingerprint density at radius 2 is 2.05 bits per heavy atom. The van der Waals surface area contributed by atoms with Crippen molar-refractivity contribution < 1.29 is 17.9 Å². The number of rotatable bonds is 5. The molecule has 0 aliphatic rings. The minimum absolute atomic E-state index is 0.00755. The van der Waals surface area contributed by atoms with E-state index in [1.54, 1.807) is 45.0 Å². The van der Waals surface area contributed by atoms with Gasteiger partial charge in [-0.3, -0.25) is 5.32 Å². The monoisotopic (exact) mass is 311 g/mol. The smallest absolute Gasteiger partial charge is 0.412 e. The first-order chi connectivity index (χ1) is 9.61. The van der Waals surface area contributed by atoms with Crippen LogP contribution in [0.15, 0.2) is 36.3 Å². The fourth-order valence-electron chi connectivity index (χ4n) is 1.57. The van der Waals surface area contributed by atoms with E-state index in [-0.39, 0.29) is 5.75 Å². The zero-order valence-electron chi connectivity index (χ0n) is 12.5. The van der Waals surface area contributed by atoms with E-state index in [0.29, 0.717) is 12.1 Å². The second-order valence-electron chi connectivity index (χ2n) is 5.61. The molecule has 116 valence electrons. The highest BCUT2D eigenvalue weighted by Crippen LogP contribution is 2.14. The Balaban J connectivity index is 2.68. The van der Waals surface area contributed by atoms with Crippen LogP contribution in [0.4, 0.5) is 10.5 Å². The van der Waals surface area contributed by atoms with Gasteiger partial charge in [0, 0.05) is 11.1 Å². The third-order valence-electron chi connectivity index (χ3n) is 2.50. The molecule has 0 saturated carbocycles. The van der Waals surface area contributed by atoms with Crippen molar-refractivity contribution in [2.24, 2.45) is 0 Å². The Morgan fingerprint density at radius 1 is 1.38 bits per heavy atom.